The van der Waals surface area contributed by atoms with E-state index in [1.54, 1.807) is 0 Å². The van der Waals surface area contributed by atoms with Crippen molar-refractivity contribution in [3.8, 4) is 28.7 Å². The third kappa shape index (κ3) is 5.51. The lowest BCUT2D eigenvalue weighted by molar-refractivity contribution is 0.309. The lowest BCUT2D eigenvalue weighted by atomic mass is 9.99. The third-order valence-corrected chi connectivity index (χ3v) is 4.69. The monoisotopic (exact) mass is 368 g/mol. The van der Waals surface area contributed by atoms with E-state index in [9.17, 15) is 0 Å². The van der Waals surface area contributed by atoms with Crippen LogP contribution in [0, 0.1) is 11.8 Å². The van der Waals surface area contributed by atoms with E-state index >= 15 is 0 Å². The first-order valence-corrected chi connectivity index (χ1v) is 10.2. The Morgan fingerprint density at radius 1 is 0.750 bits per heavy atom. The summed E-state index contributed by atoms with van der Waals surface area (Å²) in [6, 6.07) is 25.2. The van der Waals surface area contributed by atoms with Crippen LogP contribution in [-0.4, -0.2) is 6.61 Å². The first kappa shape index (κ1) is 19.8. The summed E-state index contributed by atoms with van der Waals surface area (Å²) in [5.41, 5.74) is 5.77. The molecular weight excluding hydrogens is 340 g/mol. The Kier molecular flexibility index (Phi) is 7.33. The number of rotatable bonds is 7. The predicted molar refractivity (Wildman–Crippen MR) is 119 cm³/mol. The van der Waals surface area contributed by atoms with Crippen molar-refractivity contribution in [2.45, 2.75) is 39.5 Å². The van der Waals surface area contributed by atoms with Gasteiger partial charge in [-0.05, 0) is 59.9 Å². The van der Waals surface area contributed by atoms with Gasteiger partial charge in [-0.15, -0.1) is 0 Å². The number of ether oxygens (including phenoxy) is 1. The molecule has 3 aromatic carbocycles. The summed E-state index contributed by atoms with van der Waals surface area (Å²) in [5, 5.41) is 0. The van der Waals surface area contributed by atoms with Crippen molar-refractivity contribution < 1.29 is 4.74 Å². The fraction of sp³-hybridized carbons (Fsp3) is 0.259. The molecule has 0 bridgehead atoms. The van der Waals surface area contributed by atoms with Crippen LogP contribution < -0.4 is 4.74 Å². The van der Waals surface area contributed by atoms with Gasteiger partial charge in [0, 0.05) is 11.1 Å². The lowest BCUT2D eigenvalue weighted by Gasteiger charge is -2.08. The second kappa shape index (κ2) is 10.4. The van der Waals surface area contributed by atoms with Gasteiger partial charge >= 0.3 is 0 Å². The Labute approximate surface area is 169 Å². The molecule has 0 N–H and O–H groups in total. The lowest BCUT2D eigenvalue weighted by Crippen LogP contribution is -1.96. The maximum Gasteiger partial charge on any atom is 0.119 e. The molecule has 0 aromatic heterocycles. The van der Waals surface area contributed by atoms with E-state index in [1.165, 1.54) is 12.0 Å². The van der Waals surface area contributed by atoms with Gasteiger partial charge in [0.15, 0.2) is 0 Å². The molecular formula is C27H28O. The summed E-state index contributed by atoms with van der Waals surface area (Å²) in [6.07, 6.45) is 4.51. The first-order chi connectivity index (χ1) is 13.8. The molecule has 0 radical (unpaired) electrons. The normalized spacial score (nSPS) is 10.2. The minimum Gasteiger partial charge on any atom is -0.494 e. The fourth-order valence-electron chi connectivity index (χ4n) is 3.09. The van der Waals surface area contributed by atoms with Crippen LogP contribution in [0.5, 0.6) is 5.75 Å². The number of hydrogen-bond donors (Lipinski definition) is 0. The van der Waals surface area contributed by atoms with Crippen molar-refractivity contribution in [3.05, 3.63) is 89.5 Å². The molecule has 1 heteroatoms. The third-order valence-electron chi connectivity index (χ3n) is 4.69. The molecule has 3 aromatic rings. The molecule has 0 saturated carbocycles. The van der Waals surface area contributed by atoms with Crippen molar-refractivity contribution in [1.29, 1.82) is 0 Å². The summed E-state index contributed by atoms with van der Waals surface area (Å²) in [6.45, 7) is 5.15. The Balaban J connectivity index is 1.78. The Morgan fingerprint density at radius 2 is 1.50 bits per heavy atom. The molecule has 0 saturated heterocycles. The zero-order chi connectivity index (χ0) is 19.6. The van der Waals surface area contributed by atoms with Crippen LogP contribution in [0.1, 0.15) is 49.8 Å². The molecule has 1 nitrogen and oxygen atoms in total. The fourth-order valence-corrected chi connectivity index (χ4v) is 3.09. The van der Waals surface area contributed by atoms with Gasteiger partial charge < -0.3 is 4.74 Å². The van der Waals surface area contributed by atoms with Crippen molar-refractivity contribution >= 4 is 0 Å². The van der Waals surface area contributed by atoms with Crippen LogP contribution in [0.15, 0.2) is 72.8 Å². The maximum atomic E-state index is 5.77. The zero-order valence-electron chi connectivity index (χ0n) is 16.9. The van der Waals surface area contributed by atoms with Crippen LogP contribution >= 0.6 is 0 Å². The molecule has 0 aliphatic carbocycles. The molecule has 0 heterocycles. The Bertz CT molecular complexity index is 924. The second-order valence-electron chi connectivity index (χ2n) is 6.97. The van der Waals surface area contributed by atoms with Gasteiger partial charge in [-0.25, -0.2) is 0 Å². The zero-order valence-corrected chi connectivity index (χ0v) is 16.9. The molecule has 142 valence electrons. The number of aryl methyl sites for hydroxylation is 1. The van der Waals surface area contributed by atoms with Gasteiger partial charge in [-0.2, -0.15) is 0 Å². The van der Waals surface area contributed by atoms with Crippen LogP contribution in [0.25, 0.3) is 11.1 Å². The van der Waals surface area contributed by atoms with E-state index in [0.29, 0.717) is 0 Å². The van der Waals surface area contributed by atoms with E-state index in [1.807, 2.05) is 18.2 Å². The molecule has 0 fully saturated rings. The molecule has 3 rings (SSSR count). The average Bonchev–Trinajstić information content (AvgIpc) is 2.74. The van der Waals surface area contributed by atoms with Gasteiger partial charge in [-0.3, -0.25) is 0 Å². The number of hydrogen-bond acceptors (Lipinski definition) is 1. The van der Waals surface area contributed by atoms with E-state index in [2.05, 4.69) is 80.3 Å². The van der Waals surface area contributed by atoms with Gasteiger partial charge in [-0.1, -0.05) is 81.0 Å². The van der Waals surface area contributed by atoms with Gasteiger partial charge in [0.05, 0.1) is 6.61 Å². The van der Waals surface area contributed by atoms with E-state index < -0.39 is 0 Å². The average molecular weight is 369 g/mol. The quantitative estimate of drug-likeness (QED) is 0.326. The number of unbranched alkanes of at least 4 members (excludes halogenated alkanes) is 1. The van der Waals surface area contributed by atoms with Crippen molar-refractivity contribution in [2.24, 2.45) is 0 Å². The van der Waals surface area contributed by atoms with Gasteiger partial charge in [0.1, 0.15) is 5.75 Å². The summed E-state index contributed by atoms with van der Waals surface area (Å²) >= 11 is 0. The summed E-state index contributed by atoms with van der Waals surface area (Å²) < 4.78 is 5.77. The minimum absolute atomic E-state index is 0.773. The highest BCUT2D eigenvalue weighted by Gasteiger charge is 2.03. The van der Waals surface area contributed by atoms with Crippen LogP contribution in [0.2, 0.25) is 0 Å². The van der Waals surface area contributed by atoms with Crippen molar-refractivity contribution in [1.82, 2.24) is 0 Å². The van der Waals surface area contributed by atoms with E-state index in [-0.39, 0.29) is 0 Å². The predicted octanol–water partition coefficient (Wildman–Crippen LogP) is 6.88. The second-order valence-corrected chi connectivity index (χ2v) is 6.97. The smallest absolute Gasteiger partial charge is 0.119 e. The van der Waals surface area contributed by atoms with E-state index in [4.69, 9.17) is 4.74 Å². The summed E-state index contributed by atoms with van der Waals surface area (Å²) in [7, 11) is 0. The molecule has 0 unspecified atom stereocenters. The molecule has 0 aliphatic heterocycles. The Hall–Kier alpha value is -2.98. The maximum absolute atomic E-state index is 5.77. The highest BCUT2D eigenvalue weighted by atomic mass is 16.5. The topological polar surface area (TPSA) is 9.23 Å². The summed E-state index contributed by atoms with van der Waals surface area (Å²) in [4.78, 5) is 0. The first-order valence-electron chi connectivity index (χ1n) is 10.2. The summed E-state index contributed by atoms with van der Waals surface area (Å²) in [5.74, 6) is 7.59. The molecule has 0 aliphatic rings. The molecule has 0 amide bonds. The van der Waals surface area contributed by atoms with Gasteiger partial charge in [0.25, 0.3) is 0 Å². The van der Waals surface area contributed by atoms with Crippen LogP contribution in [0.4, 0.5) is 0 Å². The number of benzene rings is 3. The van der Waals surface area contributed by atoms with E-state index in [0.717, 1.165) is 53.9 Å². The molecule has 0 spiro atoms. The standard InChI is InChI=1S/C27H28O/c1-3-5-21-28-26-19-17-25(18-20-26)27-10-7-6-9-24(27)16-15-23-13-11-22(8-4-2)12-14-23/h6-7,9-14,17-20H,3-5,8,21H2,1-2H3. The highest BCUT2D eigenvalue weighted by molar-refractivity contribution is 5.72. The van der Waals surface area contributed by atoms with Crippen LogP contribution in [0.3, 0.4) is 0 Å². The minimum atomic E-state index is 0.773. The molecule has 28 heavy (non-hydrogen) atoms. The van der Waals surface area contributed by atoms with Gasteiger partial charge in [0.2, 0.25) is 0 Å². The highest BCUT2D eigenvalue weighted by Crippen LogP contribution is 2.25. The van der Waals surface area contributed by atoms with Crippen molar-refractivity contribution in [2.75, 3.05) is 6.61 Å². The molecule has 0 atom stereocenters. The Morgan fingerprint density at radius 3 is 2.21 bits per heavy atom. The van der Waals surface area contributed by atoms with Crippen LogP contribution in [-0.2, 0) is 6.42 Å². The van der Waals surface area contributed by atoms with Crippen molar-refractivity contribution in [3.63, 3.8) is 0 Å². The largest absolute Gasteiger partial charge is 0.494 e. The SMILES string of the molecule is CCCCOc1ccc(-c2ccccc2C#Cc2ccc(CCC)cc2)cc1.